The van der Waals surface area contributed by atoms with Gasteiger partial charge in [-0.25, -0.2) is 0 Å². The van der Waals surface area contributed by atoms with Crippen molar-refractivity contribution in [1.82, 2.24) is 4.98 Å². The molecular weight excluding hydrogens is 246 g/mol. The van der Waals surface area contributed by atoms with Gasteiger partial charge in [0.2, 0.25) is 0 Å². The minimum Gasteiger partial charge on any atom is -0.496 e. The van der Waals surface area contributed by atoms with E-state index in [0.29, 0.717) is 0 Å². The maximum atomic E-state index is 12.5. The lowest BCUT2D eigenvalue weighted by molar-refractivity contribution is 0.0962. The molecule has 0 spiro atoms. The number of nitrogens with zero attached hydrogens (tertiary/aromatic N) is 1. The zero-order valence-electron chi connectivity index (χ0n) is 10.1. The van der Waals surface area contributed by atoms with E-state index < -0.39 is 0 Å². The zero-order chi connectivity index (χ0) is 12.5. The SMILES string of the molecule is COc1csc(C(=O)C2CCc3cccnc32)c1. The van der Waals surface area contributed by atoms with E-state index in [9.17, 15) is 4.79 Å². The second-order valence-electron chi connectivity index (χ2n) is 4.35. The molecule has 0 bridgehead atoms. The third-order valence-electron chi connectivity index (χ3n) is 3.33. The van der Waals surface area contributed by atoms with E-state index in [1.165, 1.54) is 16.9 Å². The van der Waals surface area contributed by atoms with Crippen molar-refractivity contribution in [3.8, 4) is 5.75 Å². The van der Waals surface area contributed by atoms with Gasteiger partial charge in [-0.3, -0.25) is 9.78 Å². The van der Waals surface area contributed by atoms with Gasteiger partial charge in [0.1, 0.15) is 5.75 Å². The Hall–Kier alpha value is -1.68. The molecule has 1 aliphatic carbocycles. The van der Waals surface area contributed by atoms with Crippen LogP contribution in [-0.2, 0) is 6.42 Å². The van der Waals surface area contributed by atoms with Crippen LogP contribution in [-0.4, -0.2) is 17.9 Å². The van der Waals surface area contributed by atoms with E-state index in [1.54, 1.807) is 13.3 Å². The molecule has 18 heavy (non-hydrogen) atoms. The van der Waals surface area contributed by atoms with Crippen LogP contribution < -0.4 is 4.74 Å². The van der Waals surface area contributed by atoms with Crippen LogP contribution in [0, 0.1) is 0 Å². The molecular formula is C14H13NO2S. The van der Waals surface area contributed by atoms with Crippen LogP contribution in [0.4, 0.5) is 0 Å². The van der Waals surface area contributed by atoms with Gasteiger partial charge in [-0.2, -0.15) is 0 Å². The molecule has 1 atom stereocenters. The predicted octanol–water partition coefficient (Wildman–Crippen LogP) is 3.06. The van der Waals surface area contributed by atoms with Crippen molar-refractivity contribution in [2.24, 2.45) is 0 Å². The molecule has 92 valence electrons. The highest BCUT2D eigenvalue weighted by molar-refractivity contribution is 7.12. The van der Waals surface area contributed by atoms with Crippen LogP contribution in [0.5, 0.6) is 5.75 Å². The molecule has 0 N–H and O–H groups in total. The fourth-order valence-electron chi connectivity index (χ4n) is 2.39. The van der Waals surface area contributed by atoms with Crippen LogP contribution in [0.25, 0.3) is 0 Å². The van der Waals surface area contributed by atoms with Crippen molar-refractivity contribution < 1.29 is 9.53 Å². The third kappa shape index (κ3) is 1.82. The van der Waals surface area contributed by atoms with Gasteiger partial charge in [-0.05, 0) is 24.5 Å². The summed E-state index contributed by atoms with van der Waals surface area (Å²) < 4.78 is 5.12. The van der Waals surface area contributed by atoms with E-state index in [4.69, 9.17) is 4.74 Å². The lowest BCUT2D eigenvalue weighted by Gasteiger charge is -2.07. The molecule has 1 unspecified atom stereocenters. The summed E-state index contributed by atoms with van der Waals surface area (Å²) in [5.74, 6) is 0.841. The van der Waals surface area contributed by atoms with Crippen LogP contribution in [0.1, 0.15) is 33.3 Å². The van der Waals surface area contributed by atoms with Crippen LogP contribution in [0.2, 0.25) is 0 Å². The molecule has 0 saturated heterocycles. The fraction of sp³-hybridized carbons (Fsp3) is 0.286. The number of thiophene rings is 1. The molecule has 0 aromatic carbocycles. The van der Waals surface area contributed by atoms with E-state index in [1.807, 2.05) is 17.5 Å². The van der Waals surface area contributed by atoms with E-state index >= 15 is 0 Å². The van der Waals surface area contributed by atoms with Crippen LogP contribution in [0.3, 0.4) is 0 Å². The lowest BCUT2D eigenvalue weighted by atomic mass is 10.00. The van der Waals surface area contributed by atoms with Crippen molar-refractivity contribution >= 4 is 17.1 Å². The molecule has 4 heteroatoms. The number of fused-ring (bicyclic) bond motifs is 1. The smallest absolute Gasteiger partial charge is 0.181 e. The molecule has 1 aliphatic rings. The van der Waals surface area contributed by atoms with Gasteiger partial charge in [0.05, 0.1) is 23.6 Å². The van der Waals surface area contributed by atoms with Gasteiger partial charge in [0, 0.05) is 17.6 Å². The Morgan fingerprint density at radius 2 is 2.44 bits per heavy atom. The number of pyridine rings is 1. The normalized spacial score (nSPS) is 17.5. The number of ketones is 1. The first kappa shape index (κ1) is 11.4. The van der Waals surface area contributed by atoms with E-state index in [0.717, 1.165) is 29.2 Å². The molecule has 2 aromatic heterocycles. The first-order chi connectivity index (χ1) is 8.79. The number of hydrogen-bond donors (Lipinski definition) is 0. The molecule has 0 aliphatic heterocycles. The topological polar surface area (TPSA) is 39.2 Å². The number of Topliss-reactive ketones (excluding diaryl/α,β-unsaturated/α-hetero) is 1. The lowest BCUT2D eigenvalue weighted by Crippen LogP contribution is -2.09. The summed E-state index contributed by atoms with van der Waals surface area (Å²) in [4.78, 5) is 17.6. The number of ether oxygens (including phenoxy) is 1. The van der Waals surface area contributed by atoms with Crippen molar-refractivity contribution in [2.75, 3.05) is 7.11 Å². The summed E-state index contributed by atoms with van der Waals surface area (Å²) in [5, 5.41) is 1.86. The maximum absolute atomic E-state index is 12.5. The van der Waals surface area contributed by atoms with Gasteiger partial charge in [-0.15, -0.1) is 11.3 Å². The first-order valence-electron chi connectivity index (χ1n) is 5.90. The minimum atomic E-state index is -0.0791. The van der Waals surface area contributed by atoms with Gasteiger partial charge in [-0.1, -0.05) is 6.07 Å². The molecule has 0 amide bonds. The van der Waals surface area contributed by atoms with Gasteiger partial charge in [0.25, 0.3) is 0 Å². The first-order valence-corrected chi connectivity index (χ1v) is 6.78. The molecule has 0 fully saturated rings. The van der Waals surface area contributed by atoms with E-state index in [-0.39, 0.29) is 11.7 Å². The summed E-state index contributed by atoms with van der Waals surface area (Å²) in [7, 11) is 1.61. The Kier molecular flexibility index (Phi) is 2.88. The number of carbonyl (C=O) groups excluding carboxylic acids is 1. The second-order valence-corrected chi connectivity index (χ2v) is 5.27. The fourth-order valence-corrected chi connectivity index (χ4v) is 3.24. The number of carbonyl (C=O) groups is 1. The van der Waals surface area contributed by atoms with Crippen molar-refractivity contribution in [3.63, 3.8) is 0 Å². The second kappa shape index (κ2) is 4.53. The van der Waals surface area contributed by atoms with Crippen LogP contribution >= 0.6 is 11.3 Å². The summed E-state index contributed by atoms with van der Waals surface area (Å²) in [6.45, 7) is 0. The summed E-state index contributed by atoms with van der Waals surface area (Å²) in [6.07, 6.45) is 3.58. The number of hydrogen-bond acceptors (Lipinski definition) is 4. The average molecular weight is 259 g/mol. The summed E-state index contributed by atoms with van der Waals surface area (Å²) in [5.41, 5.74) is 2.16. The highest BCUT2D eigenvalue weighted by atomic mass is 32.1. The van der Waals surface area contributed by atoms with Crippen molar-refractivity contribution in [2.45, 2.75) is 18.8 Å². The number of methoxy groups -OCH3 is 1. The molecule has 3 rings (SSSR count). The van der Waals surface area contributed by atoms with Crippen molar-refractivity contribution in [1.29, 1.82) is 0 Å². The monoisotopic (exact) mass is 259 g/mol. The number of aryl methyl sites for hydroxylation is 1. The molecule has 0 radical (unpaired) electrons. The highest BCUT2D eigenvalue weighted by Crippen LogP contribution is 2.35. The third-order valence-corrected chi connectivity index (χ3v) is 4.25. The van der Waals surface area contributed by atoms with Gasteiger partial charge in [0.15, 0.2) is 5.78 Å². The maximum Gasteiger partial charge on any atom is 0.181 e. The number of rotatable bonds is 3. The highest BCUT2D eigenvalue weighted by Gasteiger charge is 2.31. The molecule has 0 saturated carbocycles. The summed E-state index contributed by atoms with van der Waals surface area (Å²) in [6, 6.07) is 5.80. The Bertz CT molecular complexity index is 591. The average Bonchev–Trinajstić information content (AvgIpc) is 3.04. The Balaban J connectivity index is 1.90. The minimum absolute atomic E-state index is 0.0791. The Labute approximate surface area is 109 Å². The van der Waals surface area contributed by atoms with Crippen molar-refractivity contribution in [3.05, 3.63) is 45.9 Å². The molecule has 3 nitrogen and oxygen atoms in total. The standard InChI is InChI=1S/C14H13NO2S/c1-17-10-7-12(18-8-10)14(16)11-5-4-9-3-2-6-15-13(9)11/h2-3,6-8,11H,4-5H2,1H3. The van der Waals surface area contributed by atoms with Gasteiger partial charge < -0.3 is 4.74 Å². The number of aromatic nitrogens is 1. The zero-order valence-corrected chi connectivity index (χ0v) is 10.9. The summed E-state index contributed by atoms with van der Waals surface area (Å²) >= 11 is 1.44. The largest absolute Gasteiger partial charge is 0.496 e. The Morgan fingerprint density at radius 1 is 1.56 bits per heavy atom. The quantitative estimate of drug-likeness (QED) is 0.795. The van der Waals surface area contributed by atoms with Gasteiger partial charge >= 0.3 is 0 Å². The molecule has 2 aromatic rings. The van der Waals surface area contributed by atoms with E-state index in [2.05, 4.69) is 11.1 Å². The predicted molar refractivity (Wildman–Crippen MR) is 70.5 cm³/mol. The van der Waals surface area contributed by atoms with Crippen LogP contribution in [0.15, 0.2) is 29.8 Å². The molecule has 2 heterocycles. The Morgan fingerprint density at radius 3 is 3.22 bits per heavy atom.